The van der Waals surface area contributed by atoms with Crippen LogP contribution in [-0.2, 0) is 11.3 Å². The van der Waals surface area contributed by atoms with Crippen molar-refractivity contribution in [1.82, 2.24) is 9.88 Å². The second-order valence-corrected chi connectivity index (χ2v) is 3.90. The van der Waals surface area contributed by atoms with Gasteiger partial charge in [-0.15, -0.1) is 0 Å². The average Bonchev–Trinajstić information content (AvgIpc) is 2.57. The smallest absolute Gasteiger partial charge is 0.192 e. The number of hydrogen-bond donors (Lipinski definition) is 0. The summed E-state index contributed by atoms with van der Waals surface area (Å²) >= 11 is 0. The predicted octanol–water partition coefficient (Wildman–Crippen LogP) is 1.77. The molecule has 0 atom stereocenters. The number of nitrogens with zero attached hydrogens (tertiary/aromatic N) is 2. The lowest BCUT2D eigenvalue weighted by atomic mass is 10.2. The first-order chi connectivity index (χ1) is 7.69. The van der Waals surface area contributed by atoms with Gasteiger partial charge in [0, 0.05) is 13.5 Å². The monoisotopic (exact) mass is 218 g/mol. The third kappa shape index (κ3) is 2.28. The van der Waals surface area contributed by atoms with E-state index in [9.17, 15) is 4.79 Å². The minimum Gasteiger partial charge on any atom is -0.441 e. The zero-order valence-corrected chi connectivity index (χ0v) is 9.43. The van der Waals surface area contributed by atoms with Crippen LogP contribution in [-0.4, -0.2) is 29.8 Å². The lowest BCUT2D eigenvalue weighted by molar-refractivity contribution is -0.108. The van der Waals surface area contributed by atoms with Crippen LogP contribution in [0.2, 0.25) is 0 Å². The normalized spacial score (nSPS) is 11.2. The topological polar surface area (TPSA) is 46.3 Å². The molecule has 0 aliphatic carbocycles. The molecule has 0 spiro atoms. The first kappa shape index (κ1) is 10.8. The molecule has 2 rings (SSSR count). The Kier molecular flexibility index (Phi) is 3.01. The summed E-state index contributed by atoms with van der Waals surface area (Å²) in [5.74, 6) is 0.674. The number of likely N-dealkylation sites (N-methyl/N-ethyl adjacent to an activating group) is 1. The minimum absolute atomic E-state index is 0.438. The average molecular weight is 218 g/mol. The van der Waals surface area contributed by atoms with E-state index in [1.807, 2.05) is 37.1 Å². The van der Waals surface area contributed by atoms with E-state index in [1.54, 1.807) is 0 Å². The van der Waals surface area contributed by atoms with Crippen LogP contribution in [0.5, 0.6) is 0 Å². The molecule has 0 bridgehead atoms. The van der Waals surface area contributed by atoms with E-state index in [2.05, 4.69) is 4.98 Å². The summed E-state index contributed by atoms with van der Waals surface area (Å²) < 4.78 is 5.45. The van der Waals surface area contributed by atoms with Gasteiger partial charge in [0.15, 0.2) is 11.5 Å². The first-order valence-electron chi connectivity index (χ1n) is 5.17. The summed E-state index contributed by atoms with van der Waals surface area (Å²) in [6, 6.07) is 5.91. The van der Waals surface area contributed by atoms with Crippen LogP contribution in [0.25, 0.3) is 11.1 Å². The van der Waals surface area contributed by atoms with Crippen molar-refractivity contribution in [2.75, 3.05) is 13.6 Å². The molecule has 4 heteroatoms. The van der Waals surface area contributed by atoms with Crippen molar-refractivity contribution >= 4 is 17.4 Å². The molecule has 2 aromatic rings. The predicted molar refractivity (Wildman–Crippen MR) is 61.1 cm³/mol. The summed E-state index contributed by atoms with van der Waals surface area (Å²) in [5.41, 5.74) is 2.79. The summed E-state index contributed by atoms with van der Waals surface area (Å²) in [6.45, 7) is 3.00. The zero-order valence-electron chi connectivity index (χ0n) is 9.43. The van der Waals surface area contributed by atoms with Crippen molar-refractivity contribution in [3.8, 4) is 0 Å². The van der Waals surface area contributed by atoms with E-state index in [-0.39, 0.29) is 0 Å². The van der Waals surface area contributed by atoms with Gasteiger partial charge in [-0.3, -0.25) is 4.90 Å². The molecule has 0 saturated heterocycles. The van der Waals surface area contributed by atoms with Crippen LogP contribution in [0.1, 0.15) is 11.5 Å². The van der Waals surface area contributed by atoms with E-state index in [1.165, 1.54) is 0 Å². The Hall–Kier alpha value is -1.68. The summed E-state index contributed by atoms with van der Waals surface area (Å²) in [7, 11) is 1.91. The summed E-state index contributed by atoms with van der Waals surface area (Å²) in [4.78, 5) is 16.5. The van der Waals surface area contributed by atoms with Gasteiger partial charge in [0.25, 0.3) is 0 Å². The van der Waals surface area contributed by atoms with Crippen LogP contribution in [0.15, 0.2) is 22.6 Å². The molecule has 1 aromatic carbocycles. The fraction of sp³-hybridized carbons (Fsp3) is 0.333. The molecular formula is C12H14N2O2. The maximum atomic E-state index is 10.4. The number of carbonyl (C=O) groups is 1. The number of carbonyl (C=O) groups excluding carboxylic acids is 1. The quantitative estimate of drug-likeness (QED) is 0.734. The fourth-order valence-corrected chi connectivity index (χ4v) is 1.69. The van der Waals surface area contributed by atoms with Crippen LogP contribution in [0.3, 0.4) is 0 Å². The number of fused-ring (bicyclic) bond motifs is 1. The Balaban J connectivity index is 2.21. The largest absolute Gasteiger partial charge is 0.441 e. The Morgan fingerprint density at radius 3 is 3.06 bits per heavy atom. The molecule has 84 valence electrons. The van der Waals surface area contributed by atoms with Gasteiger partial charge < -0.3 is 9.21 Å². The standard InChI is InChI=1S/C12H14N2O2/c1-9-13-11-4-3-10(7-12(11)16-9)8-14(2)5-6-15/h3-4,6-7H,5,8H2,1-2H3. The lowest BCUT2D eigenvalue weighted by Gasteiger charge is -2.12. The van der Waals surface area contributed by atoms with Crippen molar-refractivity contribution < 1.29 is 9.21 Å². The fourth-order valence-electron chi connectivity index (χ4n) is 1.69. The molecule has 4 nitrogen and oxygen atoms in total. The SMILES string of the molecule is Cc1nc2ccc(CN(C)CC=O)cc2o1. The number of oxazole rings is 1. The molecule has 0 N–H and O–H groups in total. The summed E-state index contributed by atoms with van der Waals surface area (Å²) in [6.07, 6.45) is 0.900. The first-order valence-corrected chi connectivity index (χ1v) is 5.17. The Morgan fingerprint density at radius 1 is 1.50 bits per heavy atom. The van der Waals surface area contributed by atoms with Gasteiger partial charge >= 0.3 is 0 Å². The van der Waals surface area contributed by atoms with Gasteiger partial charge in [-0.25, -0.2) is 4.98 Å². The van der Waals surface area contributed by atoms with Gasteiger partial charge in [-0.05, 0) is 24.7 Å². The number of aldehydes is 1. The van der Waals surface area contributed by atoms with Crippen LogP contribution < -0.4 is 0 Å². The maximum Gasteiger partial charge on any atom is 0.192 e. The van der Waals surface area contributed by atoms with Gasteiger partial charge in [0.2, 0.25) is 0 Å². The van der Waals surface area contributed by atoms with E-state index in [0.717, 1.165) is 29.5 Å². The number of rotatable bonds is 4. The molecule has 0 aliphatic heterocycles. The van der Waals surface area contributed by atoms with Crippen molar-refractivity contribution in [1.29, 1.82) is 0 Å². The molecule has 0 saturated carbocycles. The Morgan fingerprint density at radius 2 is 2.31 bits per heavy atom. The second kappa shape index (κ2) is 4.45. The highest BCUT2D eigenvalue weighted by Gasteiger charge is 2.04. The van der Waals surface area contributed by atoms with Gasteiger partial charge in [0.1, 0.15) is 11.8 Å². The van der Waals surface area contributed by atoms with Gasteiger partial charge in [-0.1, -0.05) is 6.07 Å². The number of aromatic nitrogens is 1. The van der Waals surface area contributed by atoms with E-state index in [4.69, 9.17) is 4.42 Å². The minimum atomic E-state index is 0.438. The molecule has 0 amide bonds. The van der Waals surface area contributed by atoms with Gasteiger partial charge in [0.05, 0.1) is 6.54 Å². The Labute approximate surface area is 93.9 Å². The van der Waals surface area contributed by atoms with E-state index < -0.39 is 0 Å². The molecule has 0 radical (unpaired) electrons. The highest BCUT2D eigenvalue weighted by molar-refractivity contribution is 5.73. The zero-order chi connectivity index (χ0) is 11.5. The van der Waals surface area contributed by atoms with Gasteiger partial charge in [-0.2, -0.15) is 0 Å². The molecule has 16 heavy (non-hydrogen) atoms. The molecule has 1 heterocycles. The summed E-state index contributed by atoms with van der Waals surface area (Å²) in [5, 5.41) is 0. The molecule has 0 unspecified atom stereocenters. The number of benzene rings is 1. The van der Waals surface area contributed by atoms with Crippen LogP contribution in [0, 0.1) is 6.92 Å². The molecule has 0 fully saturated rings. The second-order valence-electron chi connectivity index (χ2n) is 3.90. The third-order valence-corrected chi connectivity index (χ3v) is 2.40. The van der Waals surface area contributed by atoms with Crippen molar-refractivity contribution in [3.63, 3.8) is 0 Å². The highest BCUT2D eigenvalue weighted by atomic mass is 16.3. The number of aryl methyl sites for hydroxylation is 1. The van der Waals surface area contributed by atoms with Crippen molar-refractivity contribution in [3.05, 3.63) is 29.7 Å². The van der Waals surface area contributed by atoms with Crippen molar-refractivity contribution in [2.45, 2.75) is 13.5 Å². The Bertz CT molecular complexity index is 505. The van der Waals surface area contributed by atoms with Crippen LogP contribution in [0.4, 0.5) is 0 Å². The molecular weight excluding hydrogens is 204 g/mol. The highest BCUT2D eigenvalue weighted by Crippen LogP contribution is 2.17. The number of hydrogen-bond acceptors (Lipinski definition) is 4. The third-order valence-electron chi connectivity index (χ3n) is 2.40. The molecule has 1 aromatic heterocycles. The lowest BCUT2D eigenvalue weighted by Crippen LogP contribution is -2.19. The maximum absolute atomic E-state index is 10.4. The van der Waals surface area contributed by atoms with E-state index >= 15 is 0 Å². The molecule has 0 aliphatic rings. The van der Waals surface area contributed by atoms with Crippen molar-refractivity contribution in [2.24, 2.45) is 0 Å². The van der Waals surface area contributed by atoms with E-state index in [0.29, 0.717) is 12.4 Å². The van der Waals surface area contributed by atoms with Crippen LogP contribution >= 0.6 is 0 Å².